The smallest absolute Gasteiger partial charge is 0.161 e. The molecule has 1 atom stereocenters. The van der Waals surface area contributed by atoms with Crippen molar-refractivity contribution in [2.75, 3.05) is 7.11 Å². The number of carbonyl (C=O) groups is 1. The van der Waals surface area contributed by atoms with Crippen LogP contribution < -0.4 is 10.1 Å². The Bertz CT molecular complexity index is 1080. The zero-order valence-electron chi connectivity index (χ0n) is 16.6. The molecule has 1 aliphatic heterocycles. The SMILES string of the molecule is COc1cc(C2C(C#N)=C(SCc3ccccc3)NC3=C2C(=O)CCC3)ccc1O. The van der Waals surface area contributed by atoms with Gasteiger partial charge >= 0.3 is 0 Å². The molecule has 0 saturated heterocycles. The van der Waals surface area contributed by atoms with Crippen LogP contribution in [0.15, 0.2) is 70.4 Å². The van der Waals surface area contributed by atoms with Crippen molar-refractivity contribution < 1.29 is 14.6 Å². The maximum absolute atomic E-state index is 12.9. The second-order valence-corrected chi connectivity index (χ2v) is 8.27. The number of carbonyl (C=O) groups excluding carboxylic acids is 1. The number of allylic oxidation sites excluding steroid dienone is 3. The molecule has 30 heavy (non-hydrogen) atoms. The lowest BCUT2D eigenvalue weighted by Gasteiger charge is -2.33. The van der Waals surface area contributed by atoms with E-state index in [0.29, 0.717) is 23.3 Å². The van der Waals surface area contributed by atoms with Crippen LogP contribution in [-0.2, 0) is 10.5 Å². The average Bonchev–Trinajstić information content (AvgIpc) is 2.78. The fourth-order valence-electron chi connectivity index (χ4n) is 3.97. The van der Waals surface area contributed by atoms with Crippen molar-refractivity contribution in [3.63, 3.8) is 0 Å². The molecule has 1 unspecified atom stereocenters. The van der Waals surface area contributed by atoms with E-state index in [0.717, 1.165) is 40.4 Å². The predicted molar refractivity (Wildman–Crippen MR) is 117 cm³/mol. The number of nitrogens with one attached hydrogen (secondary N) is 1. The molecule has 0 amide bonds. The third kappa shape index (κ3) is 3.81. The third-order valence-electron chi connectivity index (χ3n) is 5.43. The van der Waals surface area contributed by atoms with Crippen molar-refractivity contribution >= 4 is 17.5 Å². The van der Waals surface area contributed by atoms with Crippen LogP contribution in [-0.4, -0.2) is 18.0 Å². The van der Waals surface area contributed by atoms with Crippen LogP contribution >= 0.6 is 11.8 Å². The number of thioether (sulfide) groups is 1. The van der Waals surface area contributed by atoms with Crippen molar-refractivity contribution in [1.82, 2.24) is 5.32 Å². The van der Waals surface area contributed by atoms with E-state index in [1.807, 2.05) is 18.2 Å². The zero-order chi connectivity index (χ0) is 21.1. The fraction of sp³-hybridized carbons (Fsp3) is 0.250. The Labute approximate surface area is 180 Å². The number of rotatable bonds is 5. The first kappa shape index (κ1) is 20.1. The van der Waals surface area contributed by atoms with Crippen molar-refractivity contribution in [1.29, 1.82) is 5.26 Å². The van der Waals surface area contributed by atoms with Crippen LogP contribution in [0, 0.1) is 11.3 Å². The molecule has 2 N–H and O–H groups in total. The minimum atomic E-state index is -0.466. The highest BCUT2D eigenvalue weighted by Crippen LogP contribution is 2.45. The molecule has 6 heteroatoms. The molecule has 1 heterocycles. The van der Waals surface area contributed by atoms with Gasteiger partial charge in [0.2, 0.25) is 0 Å². The molecule has 5 nitrogen and oxygen atoms in total. The van der Waals surface area contributed by atoms with E-state index < -0.39 is 5.92 Å². The summed E-state index contributed by atoms with van der Waals surface area (Å²) in [5, 5.41) is 24.3. The first-order valence-electron chi connectivity index (χ1n) is 9.83. The number of hydrogen-bond acceptors (Lipinski definition) is 6. The average molecular weight is 419 g/mol. The lowest BCUT2D eigenvalue weighted by molar-refractivity contribution is -0.116. The summed E-state index contributed by atoms with van der Waals surface area (Å²) in [5.74, 6) is 0.677. The maximum atomic E-state index is 12.9. The number of benzene rings is 2. The summed E-state index contributed by atoms with van der Waals surface area (Å²) >= 11 is 1.57. The minimum absolute atomic E-state index is 0.0283. The van der Waals surface area contributed by atoms with E-state index in [4.69, 9.17) is 4.74 Å². The summed E-state index contributed by atoms with van der Waals surface area (Å²) in [6.45, 7) is 0. The lowest BCUT2D eigenvalue weighted by Crippen LogP contribution is -2.31. The Hall–Kier alpha value is -3.17. The van der Waals surface area contributed by atoms with Crippen LogP contribution in [0.3, 0.4) is 0 Å². The second kappa shape index (κ2) is 8.68. The number of aromatic hydroxyl groups is 1. The highest BCUT2D eigenvalue weighted by Gasteiger charge is 2.37. The molecule has 152 valence electrons. The molecule has 1 aliphatic carbocycles. The summed E-state index contributed by atoms with van der Waals surface area (Å²) in [7, 11) is 1.49. The number of ketones is 1. The monoisotopic (exact) mass is 418 g/mol. The molecule has 0 saturated carbocycles. The Morgan fingerprint density at radius 3 is 2.77 bits per heavy atom. The molecule has 0 bridgehead atoms. The number of ether oxygens (including phenoxy) is 1. The van der Waals surface area contributed by atoms with Crippen molar-refractivity contribution in [2.45, 2.75) is 30.9 Å². The summed E-state index contributed by atoms with van der Waals surface area (Å²) in [5.41, 5.74) is 4.02. The van der Waals surface area contributed by atoms with E-state index >= 15 is 0 Å². The van der Waals surface area contributed by atoms with Crippen molar-refractivity contribution in [3.8, 4) is 17.6 Å². The lowest BCUT2D eigenvalue weighted by atomic mass is 9.77. The number of phenols is 1. The highest BCUT2D eigenvalue weighted by molar-refractivity contribution is 8.02. The second-order valence-electron chi connectivity index (χ2n) is 7.29. The quantitative estimate of drug-likeness (QED) is 0.728. The number of nitriles is 1. The molecule has 0 aromatic heterocycles. The van der Waals surface area contributed by atoms with Crippen LogP contribution in [0.2, 0.25) is 0 Å². The van der Waals surface area contributed by atoms with Crippen LogP contribution in [0.4, 0.5) is 0 Å². The highest BCUT2D eigenvalue weighted by atomic mass is 32.2. The minimum Gasteiger partial charge on any atom is -0.504 e. The molecule has 4 rings (SSSR count). The van der Waals surface area contributed by atoms with Gasteiger partial charge in [-0.3, -0.25) is 4.79 Å². The first-order chi connectivity index (χ1) is 14.6. The summed E-state index contributed by atoms with van der Waals surface area (Å²) in [6.07, 6.45) is 2.06. The number of methoxy groups -OCH3 is 1. The van der Waals surface area contributed by atoms with Gasteiger partial charge < -0.3 is 15.2 Å². The van der Waals surface area contributed by atoms with Gasteiger partial charge in [0.1, 0.15) is 0 Å². The molecule has 0 radical (unpaired) electrons. The predicted octanol–water partition coefficient (Wildman–Crippen LogP) is 4.76. The van der Waals surface area contributed by atoms with Crippen molar-refractivity contribution in [3.05, 3.63) is 81.5 Å². The van der Waals surface area contributed by atoms with Crippen LogP contribution in [0.25, 0.3) is 0 Å². The van der Waals surface area contributed by atoms with Gasteiger partial charge in [-0.25, -0.2) is 0 Å². The van der Waals surface area contributed by atoms with Crippen LogP contribution in [0.1, 0.15) is 36.3 Å². The number of Topliss-reactive ketones (excluding diaryl/α,β-unsaturated/α-hetero) is 1. The van der Waals surface area contributed by atoms with Gasteiger partial charge in [0.05, 0.1) is 29.7 Å². The Balaban J connectivity index is 1.78. The fourth-order valence-corrected chi connectivity index (χ4v) is 4.99. The normalized spacial score (nSPS) is 18.5. The zero-order valence-corrected chi connectivity index (χ0v) is 17.5. The molecule has 2 aromatic carbocycles. The maximum Gasteiger partial charge on any atom is 0.161 e. The largest absolute Gasteiger partial charge is 0.504 e. The molecule has 2 aliphatic rings. The van der Waals surface area contributed by atoms with Gasteiger partial charge in [0.15, 0.2) is 17.3 Å². The van der Waals surface area contributed by atoms with Crippen molar-refractivity contribution in [2.24, 2.45) is 0 Å². The number of phenolic OH excluding ortho intramolecular Hbond substituents is 1. The Kier molecular flexibility index (Phi) is 5.82. The van der Waals surface area contributed by atoms with E-state index in [1.54, 1.807) is 30.0 Å². The van der Waals surface area contributed by atoms with E-state index in [-0.39, 0.29) is 11.5 Å². The number of dihydropyridines is 1. The summed E-state index contributed by atoms with van der Waals surface area (Å²) in [4.78, 5) is 12.9. The number of nitrogens with zero attached hydrogens (tertiary/aromatic N) is 1. The van der Waals surface area contributed by atoms with Gasteiger partial charge in [-0.05, 0) is 36.1 Å². The third-order valence-corrected chi connectivity index (χ3v) is 6.51. The topological polar surface area (TPSA) is 82.3 Å². The van der Waals surface area contributed by atoms with Gasteiger partial charge in [-0.1, -0.05) is 36.4 Å². The summed E-state index contributed by atoms with van der Waals surface area (Å²) in [6, 6.07) is 17.5. The molecule has 0 spiro atoms. The van der Waals surface area contributed by atoms with Crippen LogP contribution in [0.5, 0.6) is 11.5 Å². The molecule has 0 fully saturated rings. The Morgan fingerprint density at radius 1 is 1.23 bits per heavy atom. The van der Waals surface area contributed by atoms with Gasteiger partial charge in [0.25, 0.3) is 0 Å². The number of hydrogen-bond donors (Lipinski definition) is 2. The molecular weight excluding hydrogens is 396 g/mol. The molecule has 2 aromatic rings. The standard InChI is InChI=1S/C24H22N2O3S/c1-29-21-12-16(10-11-19(21)27)22-17(13-25)24(30-14-15-6-3-2-4-7-15)26-18-8-5-9-20(28)23(18)22/h2-4,6-7,10-12,22,26-27H,5,8-9,14H2,1H3. The van der Waals surface area contributed by atoms with E-state index in [2.05, 4.69) is 23.5 Å². The van der Waals surface area contributed by atoms with Gasteiger partial charge in [0, 0.05) is 23.4 Å². The van der Waals surface area contributed by atoms with Gasteiger partial charge in [-0.15, -0.1) is 11.8 Å². The molecular formula is C24H22N2O3S. The van der Waals surface area contributed by atoms with Gasteiger partial charge in [-0.2, -0.15) is 5.26 Å². The van der Waals surface area contributed by atoms with E-state index in [9.17, 15) is 15.2 Å². The first-order valence-corrected chi connectivity index (χ1v) is 10.8. The summed E-state index contributed by atoms with van der Waals surface area (Å²) < 4.78 is 5.27. The van der Waals surface area contributed by atoms with E-state index in [1.165, 1.54) is 7.11 Å². The Morgan fingerprint density at radius 2 is 2.03 bits per heavy atom.